The van der Waals surface area contributed by atoms with Crippen molar-refractivity contribution in [1.29, 1.82) is 0 Å². The Balaban J connectivity index is 2.07. The van der Waals surface area contributed by atoms with Crippen LogP contribution < -0.4 is 20.1 Å². The Morgan fingerprint density at radius 2 is 2.07 bits per heavy atom. The largest absolute Gasteiger partial charge is 0.490 e. The molecule has 1 aromatic carbocycles. The van der Waals surface area contributed by atoms with E-state index < -0.39 is 6.61 Å². The molecule has 1 heterocycles. The topological polar surface area (TPSA) is 85.6 Å². The van der Waals surface area contributed by atoms with Gasteiger partial charge in [0.05, 0.1) is 13.2 Å². The van der Waals surface area contributed by atoms with E-state index in [2.05, 4.69) is 25.8 Å². The number of alkyl halides is 2. The Kier molecular flexibility index (Phi) is 9.13. The van der Waals surface area contributed by atoms with E-state index in [4.69, 9.17) is 9.47 Å². The van der Waals surface area contributed by atoms with Gasteiger partial charge in [-0.1, -0.05) is 19.1 Å². The number of para-hydroxylation sites is 1. The first-order valence-corrected chi connectivity index (χ1v) is 9.67. The van der Waals surface area contributed by atoms with Crippen molar-refractivity contribution in [2.24, 2.45) is 4.99 Å². The summed E-state index contributed by atoms with van der Waals surface area (Å²) in [7, 11) is 0. The second-order valence-electron chi connectivity index (χ2n) is 5.97. The summed E-state index contributed by atoms with van der Waals surface area (Å²) in [5, 5.41) is 14.3. The summed E-state index contributed by atoms with van der Waals surface area (Å²) in [6.07, 6.45) is 2.50. The van der Waals surface area contributed by atoms with Crippen LogP contribution in [-0.4, -0.2) is 47.0 Å². The maximum absolute atomic E-state index is 12.9. The zero-order valence-corrected chi connectivity index (χ0v) is 17.0. The number of benzene rings is 1. The van der Waals surface area contributed by atoms with Crippen molar-refractivity contribution >= 4 is 5.96 Å². The predicted molar refractivity (Wildman–Crippen MR) is 106 cm³/mol. The minimum atomic E-state index is -2.94. The molecule has 0 amide bonds. The molecule has 0 fully saturated rings. The van der Waals surface area contributed by atoms with Gasteiger partial charge < -0.3 is 24.7 Å². The highest BCUT2D eigenvalue weighted by atomic mass is 19.3. The Bertz CT molecular complexity index is 782. The highest BCUT2D eigenvalue weighted by Crippen LogP contribution is 2.33. The molecule has 0 radical (unpaired) electrons. The molecule has 0 unspecified atom stereocenters. The van der Waals surface area contributed by atoms with E-state index in [9.17, 15) is 8.78 Å². The van der Waals surface area contributed by atoms with Crippen molar-refractivity contribution in [3.63, 3.8) is 0 Å². The molecule has 2 N–H and O–H groups in total. The second-order valence-corrected chi connectivity index (χ2v) is 5.97. The van der Waals surface area contributed by atoms with Gasteiger partial charge in [0, 0.05) is 31.6 Å². The maximum Gasteiger partial charge on any atom is 0.387 e. The Hall–Kier alpha value is -2.91. The summed E-state index contributed by atoms with van der Waals surface area (Å²) in [4.78, 5) is 4.49. The third-order valence-electron chi connectivity index (χ3n) is 3.98. The van der Waals surface area contributed by atoms with Crippen molar-refractivity contribution < 1.29 is 18.3 Å². The van der Waals surface area contributed by atoms with Crippen LogP contribution in [0.5, 0.6) is 11.5 Å². The molecule has 2 aromatic rings. The van der Waals surface area contributed by atoms with Crippen LogP contribution in [0.2, 0.25) is 0 Å². The molecule has 0 bridgehead atoms. The third kappa shape index (κ3) is 6.88. The zero-order chi connectivity index (χ0) is 21.1. The van der Waals surface area contributed by atoms with E-state index in [1.54, 1.807) is 31.5 Å². The van der Waals surface area contributed by atoms with Crippen LogP contribution in [0.3, 0.4) is 0 Å². The first kappa shape index (κ1) is 22.4. The minimum absolute atomic E-state index is 0.0148. The number of guanidine groups is 1. The minimum Gasteiger partial charge on any atom is -0.490 e. The summed E-state index contributed by atoms with van der Waals surface area (Å²) in [5.74, 6) is 1.78. The summed E-state index contributed by atoms with van der Waals surface area (Å²) in [6, 6.07) is 5.02. The van der Waals surface area contributed by atoms with Crippen LogP contribution in [-0.2, 0) is 19.5 Å². The van der Waals surface area contributed by atoms with Gasteiger partial charge in [0.15, 0.2) is 17.5 Å². The van der Waals surface area contributed by atoms with Crippen molar-refractivity contribution in [1.82, 2.24) is 25.4 Å². The average Bonchev–Trinajstić information content (AvgIpc) is 3.15. The normalized spacial score (nSPS) is 11.6. The molecule has 0 aliphatic heterocycles. The van der Waals surface area contributed by atoms with Crippen molar-refractivity contribution in [3.05, 3.63) is 35.9 Å². The number of hydrogen-bond acceptors (Lipinski definition) is 5. The van der Waals surface area contributed by atoms with Crippen molar-refractivity contribution in [2.75, 3.05) is 19.7 Å². The SMILES string of the molecule is CCNC(=NCc1cccc(OCC)c1OC(F)F)NCCn1cnnc1CC. The summed E-state index contributed by atoms with van der Waals surface area (Å²) >= 11 is 0. The van der Waals surface area contributed by atoms with Crippen LogP contribution >= 0.6 is 0 Å². The maximum atomic E-state index is 12.9. The fourth-order valence-corrected chi connectivity index (χ4v) is 2.72. The van der Waals surface area contributed by atoms with E-state index in [0.717, 1.165) is 12.2 Å². The molecule has 0 aliphatic rings. The molecule has 0 saturated carbocycles. The summed E-state index contributed by atoms with van der Waals surface area (Å²) in [5.41, 5.74) is 0.514. The third-order valence-corrected chi connectivity index (χ3v) is 3.98. The predicted octanol–water partition coefficient (Wildman–Crippen LogP) is 2.60. The molecular formula is C19H28F2N6O2. The van der Waals surface area contributed by atoms with E-state index >= 15 is 0 Å². The van der Waals surface area contributed by atoms with E-state index in [-0.39, 0.29) is 18.0 Å². The van der Waals surface area contributed by atoms with E-state index in [1.807, 2.05) is 18.4 Å². The van der Waals surface area contributed by atoms with Crippen LogP contribution in [0.4, 0.5) is 8.78 Å². The monoisotopic (exact) mass is 410 g/mol. The molecule has 160 valence electrons. The molecule has 2 rings (SSSR count). The number of aromatic nitrogens is 3. The first-order chi connectivity index (χ1) is 14.1. The van der Waals surface area contributed by atoms with E-state index in [0.29, 0.717) is 37.8 Å². The van der Waals surface area contributed by atoms with Crippen LogP contribution in [0.15, 0.2) is 29.5 Å². The smallest absolute Gasteiger partial charge is 0.387 e. The number of hydrogen-bond donors (Lipinski definition) is 2. The average molecular weight is 410 g/mol. The van der Waals surface area contributed by atoms with Gasteiger partial charge in [0.2, 0.25) is 0 Å². The highest BCUT2D eigenvalue weighted by molar-refractivity contribution is 5.79. The lowest BCUT2D eigenvalue weighted by molar-refractivity contribution is -0.0520. The molecule has 0 saturated heterocycles. The van der Waals surface area contributed by atoms with Crippen LogP contribution in [0.25, 0.3) is 0 Å². The van der Waals surface area contributed by atoms with Gasteiger partial charge in [-0.15, -0.1) is 10.2 Å². The van der Waals surface area contributed by atoms with Crippen LogP contribution in [0.1, 0.15) is 32.2 Å². The molecular weight excluding hydrogens is 382 g/mol. The number of nitrogens with one attached hydrogen (secondary N) is 2. The van der Waals surface area contributed by atoms with Crippen molar-refractivity contribution in [2.45, 2.75) is 46.9 Å². The van der Waals surface area contributed by atoms with Gasteiger partial charge in [0.1, 0.15) is 12.2 Å². The van der Waals surface area contributed by atoms with Crippen molar-refractivity contribution in [3.8, 4) is 11.5 Å². The lowest BCUT2D eigenvalue weighted by atomic mass is 10.2. The van der Waals surface area contributed by atoms with E-state index in [1.165, 1.54) is 0 Å². The zero-order valence-electron chi connectivity index (χ0n) is 17.0. The Labute approximate surface area is 169 Å². The Morgan fingerprint density at radius 3 is 2.76 bits per heavy atom. The highest BCUT2D eigenvalue weighted by Gasteiger charge is 2.15. The quantitative estimate of drug-likeness (QED) is 0.438. The van der Waals surface area contributed by atoms with Gasteiger partial charge in [0.25, 0.3) is 0 Å². The number of aryl methyl sites for hydroxylation is 1. The van der Waals surface area contributed by atoms with Gasteiger partial charge in [-0.05, 0) is 19.9 Å². The summed E-state index contributed by atoms with van der Waals surface area (Å²) in [6.45, 7) is 5.27. The summed E-state index contributed by atoms with van der Waals surface area (Å²) < 4.78 is 37.8. The lowest BCUT2D eigenvalue weighted by Crippen LogP contribution is -2.39. The van der Waals surface area contributed by atoms with Gasteiger partial charge in [-0.25, -0.2) is 4.99 Å². The standard InChI is InChI=1S/C19H28F2N6O2/c1-4-16-26-25-13-27(16)11-10-23-19(22-5-2)24-12-14-8-7-9-15(28-6-3)17(14)29-18(20)21/h7-9,13,18H,4-6,10-12H2,1-3H3,(H2,22,23,24). The number of ether oxygens (including phenoxy) is 2. The number of halogens is 2. The van der Waals surface area contributed by atoms with Gasteiger partial charge in [-0.2, -0.15) is 8.78 Å². The fourth-order valence-electron chi connectivity index (χ4n) is 2.72. The van der Waals surface area contributed by atoms with Gasteiger partial charge >= 0.3 is 6.61 Å². The van der Waals surface area contributed by atoms with Crippen LogP contribution in [0, 0.1) is 0 Å². The second kappa shape index (κ2) is 11.8. The molecule has 0 atom stereocenters. The Morgan fingerprint density at radius 1 is 1.24 bits per heavy atom. The first-order valence-electron chi connectivity index (χ1n) is 9.67. The number of rotatable bonds is 11. The van der Waals surface area contributed by atoms with Gasteiger partial charge in [-0.3, -0.25) is 0 Å². The molecule has 0 spiro atoms. The molecule has 8 nitrogen and oxygen atoms in total. The lowest BCUT2D eigenvalue weighted by Gasteiger charge is -2.15. The molecule has 0 aliphatic carbocycles. The molecule has 10 heteroatoms. The molecule has 29 heavy (non-hydrogen) atoms. The number of nitrogens with zero attached hydrogens (tertiary/aromatic N) is 4. The fraction of sp³-hybridized carbons (Fsp3) is 0.526. The molecule has 1 aromatic heterocycles. The number of aliphatic imine (C=N–C) groups is 1.